The third-order valence-electron chi connectivity index (χ3n) is 3.39. The van der Waals surface area contributed by atoms with Crippen molar-refractivity contribution in [2.24, 2.45) is 0 Å². The summed E-state index contributed by atoms with van der Waals surface area (Å²) in [6.07, 6.45) is 1.78. The van der Waals surface area contributed by atoms with Crippen LogP contribution >= 0.6 is 0 Å². The standard InChI is InChI=1S/C16H27N3O2/c1-4-15(20)10-12-18-16(21)17-11-9-13-5-7-14(8-6-13)19(2)3/h5-8,15,20H,4,9-12H2,1-3H3,(H2,17,18,21). The smallest absolute Gasteiger partial charge is 0.314 e. The Hall–Kier alpha value is -1.75. The molecular formula is C16H27N3O2. The van der Waals surface area contributed by atoms with Gasteiger partial charge in [0, 0.05) is 32.9 Å². The van der Waals surface area contributed by atoms with Crippen molar-refractivity contribution < 1.29 is 9.90 Å². The van der Waals surface area contributed by atoms with Gasteiger partial charge in [-0.15, -0.1) is 0 Å². The molecule has 0 fully saturated rings. The number of anilines is 1. The molecule has 1 aromatic carbocycles. The fourth-order valence-corrected chi connectivity index (χ4v) is 1.90. The molecule has 0 saturated heterocycles. The molecule has 118 valence electrons. The van der Waals surface area contributed by atoms with E-state index in [4.69, 9.17) is 0 Å². The lowest BCUT2D eigenvalue weighted by atomic mass is 10.1. The van der Waals surface area contributed by atoms with Gasteiger partial charge in [-0.1, -0.05) is 19.1 Å². The van der Waals surface area contributed by atoms with E-state index in [2.05, 4.69) is 39.8 Å². The second-order valence-electron chi connectivity index (χ2n) is 5.34. The highest BCUT2D eigenvalue weighted by molar-refractivity contribution is 5.73. The Bertz CT molecular complexity index is 418. The molecule has 1 unspecified atom stereocenters. The summed E-state index contributed by atoms with van der Waals surface area (Å²) in [5.74, 6) is 0. The van der Waals surface area contributed by atoms with Crippen LogP contribution in [-0.4, -0.2) is 44.4 Å². The van der Waals surface area contributed by atoms with Gasteiger partial charge in [0.2, 0.25) is 0 Å². The van der Waals surface area contributed by atoms with Crippen LogP contribution in [0.5, 0.6) is 0 Å². The molecule has 21 heavy (non-hydrogen) atoms. The van der Waals surface area contributed by atoms with E-state index in [0.29, 0.717) is 25.9 Å². The van der Waals surface area contributed by atoms with Crippen molar-refractivity contribution in [3.8, 4) is 0 Å². The zero-order valence-electron chi connectivity index (χ0n) is 13.2. The summed E-state index contributed by atoms with van der Waals surface area (Å²) < 4.78 is 0. The highest BCUT2D eigenvalue weighted by Crippen LogP contribution is 2.12. The second kappa shape index (κ2) is 9.23. The summed E-state index contributed by atoms with van der Waals surface area (Å²) in [7, 11) is 4.02. The predicted molar refractivity (Wildman–Crippen MR) is 86.8 cm³/mol. The molecule has 0 bridgehead atoms. The molecule has 1 rings (SSSR count). The topological polar surface area (TPSA) is 64.6 Å². The molecule has 5 heteroatoms. The number of urea groups is 1. The van der Waals surface area contributed by atoms with E-state index in [1.807, 2.05) is 21.0 Å². The predicted octanol–water partition coefficient (Wildman–Crippen LogP) is 1.76. The van der Waals surface area contributed by atoms with E-state index >= 15 is 0 Å². The lowest BCUT2D eigenvalue weighted by molar-refractivity contribution is 0.160. The minimum absolute atomic E-state index is 0.178. The number of aliphatic hydroxyl groups is 1. The first-order valence-electron chi connectivity index (χ1n) is 7.49. The average molecular weight is 293 g/mol. The van der Waals surface area contributed by atoms with E-state index in [1.54, 1.807) is 0 Å². The number of nitrogens with one attached hydrogen (secondary N) is 2. The first-order chi connectivity index (χ1) is 10.0. The van der Waals surface area contributed by atoms with Gasteiger partial charge >= 0.3 is 6.03 Å². The molecule has 0 aromatic heterocycles. The number of benzene rings is 1. The van der Waals surface area contributed by atoms with Crippen LogP contribution in [-0.2, 0) is 6.42 Å². The van der Waals surface area contributed by atoms with E-state index in [-0.39, 0.29) is 12.1 Å². The number of hydrogen-bond donors (Lipinski definition) is 3. The normalized spacial score (nSPS) is 11.8. The molecule has 0 radical (unpaired) electrons. The molecule has 0 aliphatic carbocycles. The molecule has 1 atom stereocenters. The lowest BCUT2D eigenvalue weighted by Gasteiger charge is -2.13. The third-order valence-corrected chi connectivity index (χ3v) is 3.39. The Morgan fingerprint density at radius 1 is 1.19 bits per heavy atom. The molecule has 0 heterocycles. The minimum Gasteiger partial charge on any atom is -0.393 e. The number of carbonyl (C=O) groups is 1. The molecule has 0 aliphatic rings. The summed E-state index contributed by atoms with van der Waals surface area (Å²) in [5.41, 5.74) is 2.36. The Labute approximate surface area is 127 Å². The van der Waals surface area contributed by atoms with Crippen LogP contribution < -0.4 is 15.5 Å². The van der Waals surface area contributed by atoms with Gasteiger partial charge in [0.25, 0.3) is 0 Å². The van der Waals surface area contributed by atoms with Crippen LogP contribution in [0.1, 0.15) is 25.3 Å². The number of carbonyl (C=O) groups excluding carboxylic acids is 1. The number of rotatable bonds is 8. The van der Waals surface area contributed by atoms with Crippen molar-refractivity contribution in [2.75, 3.05) is 32.1 Å². The molecule has 0 aliphatic heterocycles. The molecule has 1 aromatic rings. The van der Waals surface area contributed by atoms with Gasteiger partial charge in [0.1, 0.15) is 0 Å². The minimum atomic E-state index is -0.333. The van der Waals surface area contributed by atoms with Crippen molar-refractivity contribution in [2.45, 2.75) is 32.3 Å². The molecule has 5 nitrogen and oxygen atoms in total. The van der Waals surface area contributed by atoms with Gasteiger partial charge in [-0.2, -0.15) is 0 Å². The van der Waals surface area contributed by atoms with Gasteiger partial charge in [0.05, 0.1) is 6.10 Å². The van der Waals surface area contributed by atoms with Crippen molar-refractivity contribution >= 4 is 11.7 Å². The van der Waals surface area contributed by atoms with E-state index in [0.717, 1.165) is 6.42 Å². The first kappa shape index (κ1) is 17.3. The van der Waals surface area contributed by atoms with E-state index in [9.17, 15) is 9.90 Å². The summed E-state index contributed by atoms with van der Waals surface area (Å²) in [5, 5.41) is 14.9. The Morgan fingerprint density at radius 2 is 1.81 bits per heavy atom. The molecule has 0 saturated carbocycles. The van der Waals surface area contributed by atoms with Crippen LogP contribution in [0.2, 0.25) is 0 Å². The summed E-state index contributed by atoms with van der Waals surface area (Å²) >= 11 is 0. The van der Waals surface area contributed by atoms with Crippen LogP contribution in [0.3, 0.4) is 0 Å². The van der Waals surface area contributed by atoms with Crippen molar-refractivity contribution in [3.63, 3.8) is 0 Å². The van der Waals surface area contributed by atoms with Crippen molar-refractivity contribution in [1.82, 2.24) is 10.6 Å². The lowest BCUT2D eigenvalue weighted by Crippen LogP contribution is -2.37. The van der Waals surface area contributed by atoms with Gasteiger partial charge in [0.15, 0.2) is 0 Å². The zero-order chi connectivity index (χ0) is 15.7. The first-order valence-corrected chi connectivity index (χ1v) is 7.49. The van der Waals surface area contributed by atoms with Gasteiger partial charge in [-0.3, -0.25) is 0 Å². The van der Waals surface area contributed by atoms with Gasteiger partial charge < -0.3 is 20.6 Å². The number of aliphatic hydroxyl groups excluding tert-OH is 1. The zero-order valence-corrected chi connectivity index (χ0v) is 13.2. The largest absolute Gasteiger partial charge is 0.393 e. The van der Waals surface area contributed by atoms with E-state index in [1.165, 1.54) is 11.3 Å². The maximum atomic E-state index is 11.5. The van der Waals surface area contributed by atoms with Crippen molar-refractivity contribution in [1.29, 1.82) is 0 Å². The SMILES string of the molecule is CCC(O)CCNC(=O)NCCc1ccc(N(C)C)cc1. The quantitative estimate of drug-likeness (QED) is 0.684. The second-order valence-corrected chi connectivity index (χ2v) is 5.34. The summed E-state index contributed by atoms with van der Waals surface area (Å²) in [4.78, 5) is 13.6. The monoisotopic (exact) mass is 293 g/mol. The maximum absolute atomic E-state index is 11.5. The van der Waals surface area contributed by atoms with E-state index < -0.39 is 0 Å². The Kier molecular flexibility index (Phi) is 7.61. The number of nitrogens with zero attached hydrogens (tertiary/aromatic N) is 1. The van der Waals surface area contributed by atoms with Crippen molar-refractivity contribution in [3.05, 3.63) is 29.8 Å². The molecular weight excluding hydrogens is 266 g/mol. The average Bonchev–Trinajstić information content (AvgIpc) is 2.47. The molecule has 0 spiro atoms. The van der Waals surface area contributed by atoms with Gasteiger partial charge in [-0.25, -0.2) is 4.79 Å². The summed E-state index contributed by atoms with van der Waals surface area (Å²) in [6.45, 7) is 3.02. The van der Waals surface area contributed by atoms with Crippen LogP contribution in [0.15, 0.2) is 24.3 Å². The third kappa shape index (κ3) is 6.99. The summed E-state index contributed by atoms with van der Waals surface area (Å²) in [6, 6.07) is 8.12. The van der Waals surface area contributed by atoms with Crippen LogP contribution in [0, 0.1) is 0 Å². The molecule has 3 N–H and O–H groups in total. The van der Waals surface area contributed by atoms with Crippen LogP contribution in [0.4, 0.5) is 10.5 Å². The Balaban J connectivity index is 2.19. The fourth-order valence-electron chi connectivity index (χ4n) is 1.90. The number of hydrogen-bond acceptors (Lipinski definition) is 3. The maximum Gasteiger partial charge on any atom is 0.314 e. The number of amides is 2. The highest BCUT2D eigenvalue weighted by Gasteiger charge is 2.03. The highest BCUT2D eigenvalue weighted by atomic mass is 16.3. The molecule has 2 amide bonds. The van der Waals surface area contributed by atoms with Crippen LogP contribution in [0.25, 0.3) is 0 Å². The fraction of sp³-hybridized carbons (Fsp3) is 0.562. The van der Waals surface area contributed by atoms with Gasteiger partial charge in [-0.05, 0) is 37.0 Å². The Morgan fingerprint density at radius 3 is 2.38 bits per heavy atom.